The quantitative estimate of drug-likeness (QED) is 0.680. The van der Waals surface area contributed by atoms with Crippen molar-refractivity contribution >= 4 is 17.4 Å². The second-order valence-electron chi connectivity index (χ2n) is 7.33. The van der Waals surface area contributed by atoms with Gasteiger partial charge in [-0.15, -0.1) is 0 Å². The van der Waals surface area contributed by atoms with Gasteiger partial charge < -0.3 is 15.5 Å². The average molecular weight is 402 g/mol. The molecule has 1 aliphatic heterocycles. The van der Waals surface area contributed by atoms with E-state index in [0.29, 0.717) is 13.1 Å². The van der Waals surface area contributed by atoms with Gasteiger partial charge in [-0.25, -0.2) is 13.6 Å². The number of unbranched alkanes of at least 4 members (excludes halogenated alkanes) is 2. The molecule has 0 spiro atoms. The molecule has 2 amide bonds. The summed E-state index contributed by atoms with van der Waals surface area (Å²) in [7, 11) is 0. The number of nitrogens with two attached hydrogens (primary N) is 1. The zero-order valence-electron chi connectivity index (χ0n) is 16.6. The molecule has 7 heteroatoms. The number of piperazine rings is 1. The van der Waals surface area contributed by atoms with Crippen LogP contribution in [0.2, 0.25) is 0 Å². The molecule has 2 aromatic carbocycles. The van der Waals surface area contributed by atoms with Gasteiger partial charge in [-0.1, -0.05) is 6.42 Å². The number of anilines is 2. The van der Waals surface area contributed by atoms with Gasteiger partial charge in [-0.2, -0.15) is 0 Å². The molecular formula is C22H28F2N4O. The zero-order chi connectivity index (χ0) is 20.6. The fraction of sp³-hybridized carbons (Fsp3) is 0.409. The highest BCUT2D eigenvalue weighted by Gasteiger charge is 2.18. The van der Waals surface area contributed by atoms with Gasteiger partial charge in [0.25, 0.3) is 0 Å². The van der Waals surface area contributed by atoms with E-state index in [4.69, 9.17) is 5.73 Å². The molecule has 1 saturated heterocycles. The summed E-state index contributed by atoms with van der Waals surface area (Å²) in [5.74, 6) is -0.548. The predicted molar refractivity (Wildman–Crippen MR) is 111 cm³/mol. The van der Waals surface area contributed by atoms with Crippen molar-refractivity contribution in [3.8, 4) is 0 Å². The smallest absolute Gasteiger partial charge is 0.314 e. The molecule has 5 nitrogen and oxygen atoms in total. The summed E-state index contributed by atoms with van der Waals surface area (Å²) in [6, 6.07) is 12.4. The normalized spacial score (nSPS) is 14.8. The Morgan fingerprint density at radius 3 is 1.83 bits per heavy atom. The number of benzene rings is 2. The van der Waals surface area contributed by atoms with E-state index >= 15 is 0 Å². The van der Waals surface area contributed by atoms with Crippen LogP contribution in [0.1, 0.15) is 19.3 Å². The minimum absolute atomic E-state index is 0.274. The van der Waals surface area contributed by atoms with Crippen molar-refractivity contribution in [2.45, 2.75) is 19.3 Å². The van der Waals surface area contributed by atoms with Gasteiger partial charge in [-0.3, -0.25) is 4.90 Å². The van der Waals surface area contributed by atoms with Crippen LogP contribution in [0, 0.1) is 11.6 Å². The zero-order valence-corrected chi connectivity index (χ0v) is 16.6. The summed E-state index contributed by atoms with van der Waals surface area (Å²) in [6.45, 7) is 4.88. The lowest BCUT2D eigenvalue weighted by atomic mass is 10.1. The fourth-order valence-corrected chi connectivity index (χ4v) is 3.62. The average Bonchev–Trinajstić information content (AvgIpc) is 2.73. The Morgan fingerprint density at radius 1 is 0.828 bits per heavy atom. The van der Waals surface area contributed by atoms with E-state index in [1.165, 1.54) is 24.3 Å². The Hall–Kier alpha value is -2.67. The largest absolute Gasteiger partial charge is 0.351 e. The van der Waals surface area contributed by atoms with Gasteiger partial charge in [0.15, 0.2) is 0 Å². The maximum absolute atomic E-state index is 13.3. The van der Waals surface area contributed by atoms with E-state index in [-0.39, 0.29) is 17.7 Å². The first-order valence-corrected chi connectivity index (χ1v) is 10.1. The summed E-state index contributed by atoms with van der Waals surface area (Å²) in [4.78, 5) is 17.3. The highest BCUT2D eigenvalue weighted by molar-refractivity contribution is 5.72. The van der Waals surface area contributed by atoms with Crippen LogP contribution in [-0.2, 0) is 0 Å². The molecule has 0 atom stereocenters. The minimum Gasteiger partial charge on any atom is -0.351 e. The summed E-state index contributed by atoms with van der Waals surface area (Å²) < 4.78 is 26.6. The van der Waals surface area contributed by atoms with Gasteiger partial charge in [-0.05, 0) is 67.9 Å². The SMILES string of the molecule is NC(=O)N1CCN(CCCCCN(c2ccc(F)cc2)c2ccc(F)cc2)CC1. The number of hydrogen-bond donors (Lipinski definition) is 1. The molecule has 29 heavy (non-hydrogen) atoms. The van der Waals surface area contributed by atoms with Crippen LogP contribution < -0.4 is 10.6 Å². The van der Waals surface area contributed by atoms with Crippen LogP contribution in [0.25, 0.3) is 0 Å². The van der Waals surface area contributed by atoms with E-state index < -0.39 is 0 Å². The Kier molecular flexibility index (Phi) is 7.41. The highest BCUT2D eigenvalue weighted by atomic mass is 19.1. The number of halogens is 2. The number of urea groups is 1. The third-order valence-electron chi connectivity index (χ3n) is 5.32. The molecule has 0 aliphatic carbocycles. The third kappa shape index (κ3) is 6.15. The molecule has 3 rings (SSSR count). The van der Waals surface area contributed by atoms with Gasteiger partial charge in [0.1, 0.15) is 11.6 Å². The molecule has 0 radical (unpaired) electrons. The standard InChI is InChI=1S/C22H28F2N4O/c23-18-4-8-20(9-5-18)28(21-10-6-19(24)7-11-21)13-3-1-2-12-26-14-16-27(17-15-26)22(25)29/h4-11H,1-3,12-17H2,(H2,25,29). The fourth-order valence-electron chi connectivity index (χ4n) is 3.62. The summed E-state index contributed by atoms with van der Waals surface area (Å²) in [5, 5.41) is 0. The first-order valence-electron chi connectivity index (χ1n) is 10.1. The van der Waals surface area contributed by atoms with Crippen molar-refractivity contribution in [1.29, 1.82) is 0 Å². The van der Waals surface area contributed by atoms with Gasteiger partial charge in [0.2, 0.25) is 0 Å². The Bertz CT molecular complexity index is 729. The molecule has 2 aromatic rings. The lowest BCUT2D eigenvalue weighted by Crippen LogP contribution is -2.50. The lowest BCUT2D eigenvalue weighted by Gasteiger charge is -2.33. The predicted octanol–water partition coefficient (Wildman–Crippen LogP) is 3.97. The lowest BCUT2D eigenvalue weighted by molar-refractivity contribution is 0.143. The van der Waals surface area contributed by atoms with Crippen molar-refractivity contribution in [2.24, 2.45) is 5.73 Å². The summed E-state index contributed by atoms with van der Waals surface area (Å²) >= 11 is 0. The first kappa shape index (κ1) is 21.0. The number of nitrogens with zero attached hydrogens (tertiary/aromatic N) is 3. The molecule has 0 unspecified atom stereocenters. The maximum Gasteiger partial charge on any atom is 0.314 e. The molecule has 156 valence electrons. The number of hydrogen-bond acceptors (Lipinski definition) is 3. The maximum atomic E-state index is 13.3. The topological polar surface area (TPSA) is 52.8 Å². The van der Waals surface area contributed by atoms with E-state index in [1.54, 1.807) is 29.2 Å². The van der Waals surface area contributed by atoms with Gasteiger partial charge in [0, 0.05) is 44.1 Å². The van der Waals surface area contributed by atoms with Gasteiger partial charge >= 0.3 is 6.03 Å². The number of primary amides is 1. The van der Waals surface area contributed by atoms with Crippen LogP contribution >= 0.6 is 0 Å². The van der Waals surface area contributed by atoms with Crippen molar-refractivity contribution < 1.29 is 13.6 Å². The van der Waals surface area contributed by atoms with E-state index in [2.05, 4.69) is 9.80 Å². The molecular weight excluding hydrogens is 374 g/mol. The van der Waals surface area contributed by atoms with Crippen LogP contribution in [0.5, 0.6) is 0 Å². The number of amides is 2. The third-order valence-corrected chi connectivity index (χ3v) is 5.32. The monoisotopic (exact) mass is 402 g/mol. The van der Waals surface area contributed by atoms with Crippen LogP contribution in [-0.4, -0.2) is 55.1 Å². The van der Waals surface area contributed by atoms with Crippen molar-refractivity contribution in [3.63, 3.8) is 0 Å². The van der Waals surface area contributed by atoms with E-state index in [9.17, 15) is 13.6 Å². The molecule has 1 aliphatic rings. The summed E-state index contributed by atoms with van der Waals surface area (Å²) in [6.07, 6.45) is 3.09. The van der Waals surface area contributed by atoms with Crippen LogP contribution in [0.3, 0.4) is 0 Å². The first-order chi connectivity index (χ1) is 14.0. The Labute approximate surface area is 170 Å². The van der Waals surface area contributed by atoms with Gasteiger partial charge in [0.05, 0.1) is 0 Å². The number of rotatable bonds is 8. The van der Waals surface area contributed by atoms with Crippen molar-refractivity contribution in [1.82, 2.24) is 9.80 Å². The highest BCUT2D eigenvalue weighted by Crippen LogP contribution is 2.26. The molecule has 0 bridgehead atoms. The van der Waals surface area contributed by atoms with Crippen molar-refractivity contribution in [2.75, 3.05) is 44.2 Å². The molecule has 0 aromatic heterocycles. The minimum atomic E-state index is -0.341. The van der Waals surface area contributed by atoms with Crippen LogP contribution in [0.15, 0.2) is 48.5 Å². The Morgan fingerprint density at radius 2 is 1.34 bits per heavy atom. The number of carbonyl (C=O) groups is 1. The molecule has 1 heterocycles. The van der Waals surface area contributed by atoms with E-state index in [1.807, 2.05) is 0 Å². The van der Waals surface area contributed by atoms with Crippen LogP contribution in [0.4, 0.5) is 25.0 Å². The molecule has 0 saturated carbocycles. The molecule has 2 N–H and O–H groups in total. The Balaban J connectivity index is 1.48. The van der Waals surface area contributed by atoms with Crippen molar-refractivity contribution in [3.05, 3.63) is 60.2 Å². The number of carbonyl (C=O) groups excluding carboxylic acids is 1. The second-order valence-corrected chi connectivity index (χ2v) is 7.33. The molecule has 1 fully saturated rings. The summed E-state index contributed by atoms with van der Waals surface area (Å²) in [5.41, 5.74) is 7.09. The van der Waals surface area contributed by atoms with E-state index in [0.717, 1.165) is 56.8 Å². The second kappa shape index (κ2) is 10.2.